The van der Waals surface area contributed by atoms with Crippen LogP contribution in [0.4, 0.5) is 10.5 Å². The summed E-state index contributed by atoms with van der Waals surface area (Å²) in [5.41, 5.74) is 2.52. The molecule has 3 amide bonds. The summed E-state index contributed by atoms with van der Waals surface area (Å²) in [6.45, 7) is 3.61. The molecule has 0 bridgehead atoms. The van der Waals surface area contributed by atoms with Crippen LogP contribution in [0.2, 0.25) is 20.1 Å². The Bertz CT molecular complexity index is 1530. The predicted molar refractivity (Wildman–Crippen MR) is 161 cm³/mol. The third kappa shape index (κ3) is 7.25. The van der Waals surface area contributed by atoms with Crippen molar-refractivity contribution < 1.29 is 23.9 Å². The van der Waals surface area contributed by atoms with Crippen molar-refractivity contribution in [2.24, 2.45) is 0 Å². The van der Waals surface area contributed by atoms with E-state index in [1.807, 2.05) is 6.92 Å². The number of carbonyl (C=O) groups is 3. The molecule has 1 aliphatic heterocycles. The van der Waals surface area contributed by atoms with Gasteiger partial charge in [0.15, 0.2) is 18.1 Å². The van der Waals surface area contributed by atoms with Gasteiger partial charge in [0.05, 0.1) is 23.1 Å². The summed E-state index contributed by atoms with van der Waals surface area (Å²) in [6.07, 6.45) is 1.54. The van der Waals surface area contributed by atoms with Gasteiger partial charge < -0.3 is 14.8 Å². The molecule has 0 radical (unpaired) electrons. The van der Waals surface area contributed by atoms with E-state index in [4.69, 9.17) is 55.9 Å². The van der Waals surface area contributed by atoms with Crippen LogP contribution in [0, 0.1) is 6.92 Å². The summed E-state index contributed by atoms with van der Waals surface area (Å²) in [7, 11) is 0. The number of hydrogen-bond donors (Lipinski definition) is 1. The Morgan fingerprint density at radius 1 is 0.975 bits per heavy atom. The van der Waals surface area contributed by atoms with Gasteiger partial charge >= 0.3 is 0 Å². The highest BCUT2D eigenvalue weighted by Crippen LogP contribution is 2.40. The smallest absolute Gasteiger partial charge is 0.293 e. The number of ether oxygens (including phenoxy) is 2. The monoisotopic (exact) mass is 638 g/mol. The van der Waals surface area contributed by atoms with Crippen LogP contribution in [0.25, 0.3) is 6.08 Å². The lowest BCUT2D eigenvalue weighted by Crippen LogP contribution is -2.27. The summed E-state index contributed by atoms with van der Waals surface area (Å²) in [4.78, 5) is 39.4. The van der Waals surface area contributed by atoms with Gasteiger partial charge in [-0.25, -0.2) is 0 Å². The zero-order valence-electron chi connectivity index (χ0n) is 21.2. The first-order chi connectivity index (χ1) is 19.0. The van der Waals surface area contributed by atoms with E-state index >= 15 is 0 Å². The van der Waals surface area contributed by atoms with E-state index in [-0.39, 0.29) is 34.6 Å². The third-order valence-corrected chi connectivity index (χ3v) is 7.83. The molecule has 1 N–H and O–H groups in total. The normalized spacial score (nSPS) is 14.2. The van der Waals surface area contributed by atoms with Crippen LogP contribution in [0.1, 0.15) is 23.6 Å². The fourth-order valence-electron chi connectivity index (χ4n) is 3.69. The first kappa shape index (κ1) is 30.1. The molecule has 4 rings (SSSR count). The van der Waals surface area contributed by atoms with Crippen LogP contribution in [0.3, 0.4) is 0 Å². The van der Waals surface area contributed by atoms with Crippen LogP contribution in [-0.2, 0) is 16.1 Å². The number of benzene rings is 3. The number of amides is 3. The van der Waals surface area contributed by atoms with E-state index in [1.165, 1.54) is 0 Å². The Balaban J connectivity index is 1.49. The van der Waals surface area contributed by atoms with Gasteiger partial charge in [0.1, 0.15) is 0 Å². The van der Waals surface area contributed by atoms with E-state index in [0.717, 1.165) is 22.2 Å². The Labute approximate surface area is 255 Å². The summed E-state index contributed by atoms with van der Waals surface area (Å²) < 4.78 is 11.4. The average molecular weight is 640 g/mol. The quantitative estimate of drug-likeness (QED) is 0.237. The molecule has 1 heterocycles. The van der Waals surface area contributed by atoms with E-state index < -0.39 is 17.1 Å². The molecular weight excluding hydrogens is 618 g/mol. The van der Waals surface area contributed by atoms with Gasteiger partial charge in [0.2, 0.25) is 0 Å². The molecule has 0 aromatic heterocycles. The van der Waals surface area contributed by atoms with Gasteiger partial charge in [-0.3, -0.25) is 19.3 Å². The molecule has 12 heteroatoms. The number of aryl methyl sites for hydroxylation is 1. The molecule has 0 saturated carbocycles. The second-order valence-corrected chi connectivity index (χ2v) is 11.2. The van der Waals surface area contributed by atoms with Crippen LogP contribution < -0.4 is 14.8 Å². The molecule has 1 aliphatic rings. The first-order valence-electron chi connectivity index (χ1n) is 11.9. The standard InChI is InChI=1S/C28H22Cl4N2O5S/c1-3-38-23-9-16(8-22(32)26(23)39-14-25(35)33-19-7-4-15(2)20(30)12-19)10-24-27(36)34(28(37)40-24)13-17-5-6-18(29)11-21(17)31/h4-12H,3,13-14H2,1-2H3,(H,33,35)/b24-10-. The maximum Gasteiger partial charge on any atom is 0.293 e. The van der Waals surface area contributed by atoms with E-state index in [9.17, 15) is 14.4 Å². The molecule has 40 heavy (non-hydrogen) atoms. The number of nitrogens with one attached hydrogen (secondary N) is 1. The van der Waals surface area contributed by atoms with Crippen LogP contribution in [-0.4, -0.2) is 35.2 Å². The lowest BCUT2D eigenvalue weighted by molar-refractivity contribution is -0.123. The van der Waals surface area contributed by atoms with Gasteiger partial charge in [0.25, 0.3) is 17.1 Å². The first-order valence-corrected chi connectivity index (χ1v) is 14.2. The number of hydrogen-bond acceptors (Lipinski definition) is 6. The lowest BCUT2D eigenvalue weighted by Gasteiger charge is -2.15. The summed E-state index contributed by atoms with van der Waals surface area (Å²) in [6, 6.07) is 13.2. The zero-order valence-corrected chi connectivity index (χ0v) is 25.1. The summed E-state index contributed by atoms with van der Waals surface area (Å²) in [5, 5.41) is 3.79. The Kier molecular flexibility index (Phi) is 9.92. The van der Waals surface area contributed by atoms with Crippen molar-refractivity contribution in [3.8, 4) is 11.5 Å². The van der Waals surface area contributed by atoms with Crippen LogP contribution in [0.5, 0.6) is 11.5 Å². The summed E-state index contributed by atoms with van der Waals surface area (Å²) >= 11 is 25.6. The predicted octanol–water partition coefficient (Wildman–Crippen LogP) is 8.26. The Morgan fingerprint density at radius 2 is 1.75 bits per heavy atom. The third-order valence-electron chi connectivity index (χ3n) is 5.65. The minimum absolute atomic E-state index is 0.00654. The van der Waals surface area contributed by atoms with Gasteiger partial charge in [-0.2, -0.15) is 0 Å². The lowest BCUT2D eigenvalue weighted by atomic mass is 10.1. The highest BCUT2D eigenvalue weighted by molar-refractivity contribution is 8.18. The van der Waals surface area contributed by atoms with Crippen molar-refractivity contribution in [3.05, 3.63) is 90.2 Å². The maximum absolute atomic E-state index is 13.0. The van der Waals surface area contributed by atoms with Crippen molar-refractivity contribution in [3.63, 3.8) is 0 Å². The van der Waals surface area contributed by atoms with E-state index in [1.54, 1.807) is 61.5 Å². The largest absolute Gasteiger partial charge is 0.490 e. The SMILES string of the molecule is CCOc1cc(/C=C2\SC(=O)N(Cc3ccc(Cl)cc3Cl)C2=O)cc(Cl)c1OCC(=O)Nc1ccc(C)c(Cl)c1. The number of nitrogens with zero attached hydrogens (tertiary/aromatic N) is 1. The summed E-state index contributed by atoms with van der Waals surface area (Å²) in [5.74, 6) is -0.442. The van der Waals surface area contributed by atoms with Gasteiger partial charge in [-0.05, 0) is 84.8 Å². The highest BCUT2D eigenvalue weighted by Gasteiger charge is 2.35. The topological polar surface area (TPSA) is 84.9 Å². The van der Waals surface area contributed by atoms with Crippen molar-refractivity contribution in [2.75, 3.05) is 18.5 Å². The number of thioether (sulfide) groups is 1. The molecule has 0 aliphatic carbocycles. The molecule has 0 spiro atoms. The van der Waals surface area contributed by atoms with E-state index in [2.05, 4.69) is 5.32 Å². The van der Waals surface area contributed by atoms with Crippen molar-refractivity contribution >= 4 is 87.0 Å². The number of carbonyl (C=O) groups excluding carboxylic acids is 3. The minimum Gasteiger partial charge on any atom is -0.490 e. The van der Waals surface area contributed by atoms with Crippen LogP contribution in [0.15, 0.2) is 53.4 Å². The number of rotatable bonds is 9. The number of anilines is 1. The number of halogens is 4. The molecule has 3 aromatic rings. The van der Waals surface area contributed by atoms with Crippen molar-refractivity contribution in [1.29, 1.82) is 0 Å². The molecule has 1 fully saturated rings. The molecular formula is C28H22Cl4N2O5S. The highest BCUT2D eigenvalue weighted by atomic mass is 35.5. The molecule has 208 valence electrons. The van der Waals surface area contributed by atoms with Gasteiger partial charge in [0, 0.05) is 20.8 Å². The average Bonchev–Trinajstić information content (AvgIpc) is 3.14. The second-order valence-electron chi connectivity index (χ2n) is 8.57. The Hall–Kier alpha value is -2.88. The van der Waals surface area contributed by atoms with Crippen molar-refractivity contribution in [1.82, 2.24) is 4.90 Å². The molecule has 0 atom stereocenters. The fourth-order valence-corrected chi connectivity index (χ4v) is 5.45. The zero-order chi connectivity index (χ0) is 29.0. The molecule has 7 nitrogen and oxygen atoms in total. The van der Waals surface area contributed by atoms with E-state index in [0.29, 0.717) is 38.5 Å². The minimum atomic E-state index is -0.469. The number of imide groups is 1. The van der Waals surface area contributed by atoms with Crippen molar-refractivity contribution in [2.45, 2.75) is 20.4 Å². The molecule has 0 unspecified atom stereocenters. The fraction of sp³-hybridized carbons (Fsp3) is 0.179. The van der Waals surface area contributed by atoms with Crippen LogP contribution >= 0.6 is 58.2 Å². The maximum atomic E-state index is 13.0. The van der Waals surface area contributed by atoms with Gasteiger partial charge in [-0.15, -0.1) is 0 Å². The van der Waals surface area contributed by atoms with Gasteiger partial charge in [-0.1, -0.05) is 58.5 Å². The second kappa shape index (κ2) is 13.2. The Morgan fingerprint density at radius 3 is 2.45 bits per heavy atom. The molecule has 3 aromatic carbocycles. The molecule has 1 saturated heterocycles.